The molecule has 3 rings (SSSR count). The zero-order chi connectivity index (χ0) is 19.4. The Bertz CT molecular complexity index is 955. The Kier molecular flexibility index (Phi) is 5.83. The number of methoxy groups -OCH3 is 1. The molecule has 0 unspecified atom stereocenters. The van der Waals surface area contributed by atoms with Gasteiger partial charge in [-0.2, -0.15) is 0 Å². The fourth-order valence-corrected chi connectivity index (χ4v) is 2.96. The minimum absolute atomic E-state index is 0.0618. The lowest BCUT2D eigenvalue weighted by Gasteiger charge is -2.12. The molecule has 142 valence electrons. The van der Waals surface area contributed by atoms with Gasteiger partial charge in [0, 0.05) is 12.2 Å². The highest BCUT2D eigenvalue weighted by molar-refractivity contribution is 6.32. The Hall–Kier alpha value is -2.77. The molecule has 0 aliphatic rings. The van der Waals surface area contributed by atoms with E-state index in [1.54, 1.807) is 29.7 Å². The molecule has 0 spiro atoms. The van der Waals surface area contributed by atoms with Crippen molar-refractivity contribution in [3.05, 3.63) is 47.5 Å². The van der Waals surface area contributed by atoms with Gasteiger partial charge >= 0.3 is 0 Å². The zero-order valence-corrected chi connectivity index (χ0v) is 15.8. The number of nitrogens with zero attached hydrogens (tertiary/aromatic N) is 2. The first-order valence-electron chi connectivity index (χ1n) is 8.48. The number of nitrogens with one attached hydrogen (secondary N) is 2. The first-order chi connectivity index (χ1) is 13.0. The van der Waals surface area contributed by atoms with Crippen LogP contribution in [0.1, 0.15) is 6.92 Å². The second kappa shape index (κ2) is 8.28. The van der Waals surface area contributed by atoms with E-state index < -0.39 is 6.10 Å². The van der Waals surface area contributed by atoms with E-state index in [2.05, 4.69) is 15.6 Å². The smallest absolute Gasteiger partial charge is 0.244 e. The number of carbonyl (C=O) groups is 1. The summed E-state index contributed by atoms with van der Waals surface area (Å²) < 4.78 is 6.89. The van der Waals surface area contributed by atoms with Gasteiger partial charge in [0.05, 0.1) is 29.3 Å². The number of aliphatic hydroxyl groups excluding tert-OH is 1. The number of hydrogen-bond donors (Lipinski definition) is 3. The van der Waals surface area contributed by atoms with Crippen molar-refractivity contribution in [2.45, 2.75) is 19.6 Å². The lowest BCUT2D eigenvalue weighted by atomic mass is 10.3. The summed E-state index contributed by atoms with van der Waals surface area (Å²) in [6.07, 6.45) is -0.534. The molecule has 2 aromatic carbocycles. The summed E-state index contributed by atoms with van der Waals surface area (Å²) in [4.78, 5) is 17.1. The molecular formula is C19H21ClN4O3. The van der Waals surface area contributed by atoms with Gasteiger partial charge in [-0.1, -0.05) is 23.7 Å². The number of aromatic nitrogens is 2. The van der Waals surface area contributed by atoms with Gasteiger partial charge in [-0.15, -0.1) is 0 Å². The summed E-state index contributed by atoms with van der Waals surface area (Å²) in [6.45, 7) is 2.07. The van der Waals surface area contributed by atoms with Crippen LogP contribution in [0.2, 0.25) is 5.02 Å². The van der Waals surface area contributed by atoms with Crippen molar-refractivity contribution >= 4 is 40.2 Å². The minimum Gasteiger partial charge on any atom is -0.495 e. The first kappa shape index (κ1) is 19.0. The predicted molar refractivity (Wildman–Crippen MR) is 107 cm³/mol. The number of halogens is 1. The van der Waals surface area contributed by atoms with Crippen molar-refractivity contribution in [2.24, 2.45) is 0 Å². The van der Waals surface area contributed by atoms with E-state index in [9.17, 15) is 9.90 Å². The predicted octanol–water partition coefficient (Wildman–Crippen LogP) is 3.13. The monoisotopic (exact) mass is 388 g/mol. The van der Waals surface area contributed by atoms with Crippen molar-refractivity contribution in [1.82, 2.24) is 9.55 Å². The number of carbonyl (C=O) groups excluding carboxylic acids is 1. The van der Waals surface area contributed by atoms with Gasteiger partial charge in [-0.25, -0.2) is 4.98 Å². The van der Waals surface area contributed by atoms with Crippen molar-refractivity contribution in [1.29, 1.82) is 0 Å². The number of amides is 1. The van der Waals surface area contributed by atoms with E-state index in [1.807, 2.05) is 24.3 Å². The number of rotatable bonds is 7. The normalized spacial score (nSPS) is 12.0. The van der Waals surface area contributed by atoms with Gasteiger partial charge in [0.15, 0.2) is 0 Å². The summed E-state index contributed by atoms with van der Waals surface area (Å²) >= 11 is 6.10. The van der Waals surface area contributed by atoms with Gasteiger partial charge in [-0.3, -0.25) is 4.79 Å². The van der Waals surface area contributed by atoms with Gasteiger partial charge in [-0.05, 0) is 37.3 Å². The molecule has 1 amide bonds. The summed E-state index contributed by atoms with van der Waals surface area (Å²) in [5, 5.41) is 15.8. The molecule has 0 saturated carbocycles. The van der Waals surface area contributed by atoms with E-state index in [-0.39, 0.29) is 12.5 Å². The van der Waals surface area contributed by atoms with Crippen molar-refractivity contribution in [3.63, 3.8) is 0 Å². The number of ether oxygens (including phenoxy) is 1. The van der Waals surface area contributed by atoms with E-state index in [0.717, 1.165) is 11.0 Å². The molecule has 1 atom stereocenters. The van der Waals surface area contributed by atoms with Crippen LogP contribution in [-0.4, -0.2) is 40.3 Å². The van der Waals surface area contributed by atoms with Crippen molar-refractivity contribution < 1.29 is 14.6 Å². The molecular weight excluding hydrogens is 368 g/mol. The quantitative estimate of drug-likeness (QED) is 0.578. The van der Waals surface area contributed by atoms with E-state index in [1.165, 1.54) is 7.11 Å². The number of aliphatic hydroxyl groups is 1. The Morgan fingerprint density at radius 2 is 2.11 bits per heavy atom. The molecule has 8 heteroatoms. The lowest BCUT2D eigenvalue weighted by Crippen LogP contribution is -2.22. The molecule has 3 N–H and O–H groups in total. The van der Waals surface area contributed by atoms with Crippen LogP contribution in [0.3, 0.4) is 0 Å². The fourth-order valence-electron chi connectivity index (χ4n) is 2.70. The highest BCUT2D eigenvalue weighted by Gasteiger charge is 2.14. The largest absolute Gasteiger partial charge is 0.495 e. The molecule has 0 saturated heterocycles. The molecule has 1 heterocycles. The van der Waals surface area contributed by atoms with Crippen LogP contribution < -0.4 is 15.4 Å². The molecule has 7 nitrogen and oxygen atoms in total. The zero-order valence-electron chi connectivity index (χ0n) is 15.1. The first-order valence-corrected chi connectivity index (χ1v) is 8.86. The van der Waals surface area contributed by atoms with Crippen LogP contribution in [0.25, 0.3) is 11.0 Å². The highest BCUT2D eigenvalue weighted by atomic mass is 35.5. The molecule has 0 fully saturated rings. The van der Waals surface area contributed by atoms with Gasteiger partial charge in [0.25, 0.3) is 0 Å². The third kappa shape index (κ3) is 4.50. The summed E-state index contributed by atoms with van der Waals surface area (Å²) in [5.41, 5.74) is 2.17. The van der Waals surface area contributed by atoms with Crippen molar-refractivity contribution in [2.75, 3.05) is 24.3 Å². The van der Waals surface area contributed by atoms with Gasteiger partial charge < -0.3 is 25.0 Å². The molecule has 3 aromatic rings. The number of imidazole rings is 1. The van der Waals surface area contributed by atoms with Crippen LogP contribution in [-0.2, 0) is 11.3 Å². The number of fused-ring (bicyclic) bond motifs is 1. The maximum absolute atomic E-state index is 12.6. The summed E-state index contributed by atoms with van der Waals surface area (Å²) in [5.74, 6) is 0.847. The Morgan fingerprint density at radius 3 is 2.81 bits per heavy atom. The Balaban J connectivity index is 1.81. The van der Waals surface area contributed by atoms with Crippen molar-refractivity contribution in [3.8, 4) is 5.75 Å². The van der Waals surface area contributed by atoms with Gasteiger partial charge in [0.1, 0.15) is 12.3 Å². The number of hydrogen-bond acceptors (Lipinski definition) is 5. The summed E-state index contributed by atoms with van der Waals surface area (Å²) in [7, 11) is 1.53. The topological polar surface area (TPSA) is 88.4 Å². The molecule has 27 heavy (non-hydrogen) atoms. The number of para-hydroxylation sites is 2. The van der Waals surface area contributed by atoms with Crippen LogP contribution in [0.4, 0.5) is 11.6 Å². The SMILES string of the molecule is COc1ccc(NC(=O)Cn2c(NC[C@H](C)O)nc3ccccc32)cc1Cl. The summed E-state index contributed by atoms with van der Waals surface area (Å²) in [6, 6.07) is 12.6. The molecule has 0 bridgehead atoms. The van der Waals surface area contributed by atoms with E-state index >= 15 is 0 Å². The molecule has 0 radical (unpaired) electrons. The van der Waals surface area contributed by atoms with Crippen LogP contribution in [0, 0.1) is 0 Å². The molecule has 0 aliphatic heterocycles. The van der Waals surface area contributed by atoms with Crippen LogP contribution >= 0.6 is 11.6 Å². The Morgan fingerprint density at radius 1 is 1.33 bits per heavy atom. The molecule has 0 aliphatic carbocycles. The van der Waals surface area contributed by atoms with E-state index in [0.29, 0.717) is 29.0 Å². The molecule has 1 aromatic heterocycles. The average molecular weight is 389 g/mol. The van der Waals surface area contributed by atoms with E-state index in [4.69, 9.17) is 16.3 Å². The standard InChI is InChI=1S/C19H21ClN4O3/c1-12(25)10-21-19-23-15-5-3-4-6-16(15)24(19)11-18(26)22-13-7-8-17(27-2)14(20)9-13/h3-9,12,25H,10-11H2,1-2H3,(H,21,23)(H,22,26)/t12-/m0/s1. The third-order valence-corrected chi connectivity index (χ3v) is 4.24. The maximum Gasteiger partial charge on any atom is 0.244 e. The van der Waals surface area contributed by atoms with Crippen LogP contribution in [0.5, 0.6) is 5.75 Å². The second-order valence-corrected chi connectivity index (χ2v) is 6.54. The minimum atomic E-state index is -0.534. The number of anilines is 2. The van der Waals surface area contributed by atoms with Crippen LogP contribution in [0.15, 0.2) is 42.5 Å². The highest BCUT2D eigenvalue weighted by Crippen LogP contribution is 2.27. The Labute approximate surface area is 161 Å². The second-order valence-electron chi connectivity index (χ2n) is 6.14. The third-order valence-electron chi connectivity index (χ3n) is 3.95. The number of benzene rings is 2. The lowest BCUT2D eigenvalue weighted by molar-refractivity contribution is -0.116. The average Bonchev–Trinajstić information content (AvgIpc) is 2.98. The maximum atomic E-state index is 12.6. The fraction of sp³-hybridized carbons (Fsp3) is 0.263. The van der Waals surface area contributed by atoms with Gasteiger partial charge in [0.2, 0.25) is 11.9 Å².